The van der Waals surface area contributed by atoms with Gasteiger partial charge in [-0.3, -0.25) is 4.79 Å². The van der Waals surface area contributed by atoms with Crippen molar-refractivity contribution in [2.45, 2.75) is 13.5 Å². The fourth-order valence-electron chi connectivity index (χ4n) is 1.50. The van der Waals surface area contributed by atoms with Crippen molar-refractivity contribution in [3.05, 3.63) is 29.8 Å². The predicted octanol–water partition coefficient (Wildman–Crippen LogP) is 1.14. The minimum absolute atomic E-state index is 0.0762. The Hall–Kier alpha value is -2.08. The van der Waals surface area contributed by atoms with Gasteiger partial charge in [-0.15, -0.1) is 0 Å². The summed E-state index contributed by atoms with van der Waals surface area (Å²) in [5, 5.41) is 8.50. The average molecular weight is 281 g/mol. The van der Waals surface area contributed by atoms with Gasteiger partial charge in [0.15, 0.2) is 6.61 Å². The number of amides is 1. The van der Waals surface area contributed by atoms with Crippen molar-refractivity contribution in [1.29, 1.82) is 0 Å². The van der Waals surface area contributed by atoms with E-state index in [0.717, 1.165) is 5.56 Å². The van der Waals surface area contributed by atoms with E-state index in [2.05, 4.69) is 0 Å². The summed E-state index contributed by atoms with van der Waals surface area (Å²) in [6.07, 6.45) is 0. The highest BCUT2D eigenvalue weighted by Gasteiger charge is 2.09. The van der Waals surface area contributed by atoms with Crippen molar-refractivity contribution < 1.29 is 24.2 Å². The highest BCUT2D eigenvalue weighted by molar-refractivity contribution is 5.77. The van der Waals surface area contributed by atoms with Gasteiger partial charge in [0.25, 0.3) is 0 Å². The van der Waals surface area contributed by atoms with Gasteiger partial charge in [0, 0.05) is 20.2 Å². The molecule has 20 heavy (non-hydrogen) atoms. The SMILES string of the molecule is CCOCC(=O)N(C)Cc1ccc(OCC(=O)O)cc1. The summed E-state index contributed by atoms with van der Waals surface area (Å²) in [5.41, 5.74) is 0.931. The lowest BCUT2D eigenvalue weighted by atomic mass is 10.2. The van der Waals surface area contributed by atoms with E-state index >= 15 is 0 Å². The van der Waals surface area contributed by atoms with Gasteiger partial charge < -0.3 is 19.5 Å². The number of nitrogens with zero attached hydrogens (tertiary/aromatic N) is 1. The number of benzene rings is 1. The van der Waals surface area contributed by atoms with Crippen molar-refractivity contribution in [2.75, 3.05) is 26.9 Å². The number of rotatable bonds is 8. The molecule has 0 spiro atoms. The van der Waals surface area contributed by atoms with Crippen molar-refractivity contribution in [3.8, 4) is 5.75 Å². The Kier molecular flexibility index (Phi) is 6.52. The molecule has 0 saturated carbocycles. The molecule has 6 heteroatoms. The van der Waals surface area contributed by atoms with Crippen LogP contribution in [0.4, 0.5) is 0 Å². The van der Waals surface area contributed by atoms with Crippen LogP contribution in [-0.2, 0) is 20.9 Å². The number of carbonyl (C=O) groups excluding carboxylic acids is 1. The van der Waals surface area contributed by atoms with Crippen LogP contribution in [0, 0.1) is 0 Å². The fraction of sp³-hybridized carbons (Fsp3) is 0.429. The zero-order chi connectivity index (χ0) is 15.0. The molecular formula is C14H19NO5. The van der Waals surface area contributed by atoms with Gasteiger partial charge >= 0.3 is 5.97 Å². The Balaban J connectivity index is 2.48. The van der Waals surface area contributed by atoms with Gasteiger partial charge in [0.2, 0.25) is 5.91 Å². The van der Waals surface area contributed by atoms with Crippen LogP contribution in [0.5, 0.6) is 5.75 Å². The lowest BCUT2D eigenvalue weighted by molar-refractivity contribution is -0.139. The molecule has 1 amide bonds. The molecule has 1 rings (SSSR count). The van der Waals surface area contributed by atoms with Gasteiger partial charge in [0.1, 0.15) is 12.4 Å². The number of hydrogen-bond acceptors (Lipinski definition) is 4. The van der Waals surface area contributed by atoms with Crippen LogP contribution in [0.15, 0.2) is 24.3 Å². The molecule has 1 N–H and O–H groups in total. The van der Waals surface area contributed by atoms with Crippen LogP contribution in [0.3, 0.4) is 0 Å². The summed E-state index contributed by atoms with van der Waals surface area (Å²) in [5.74, 6) is -0.618. The van der Waals surface area contributed by atoms with Crippen molar-refractivity contribution in [3.63, 3.8) is 0 Å². The number of carbonyl (C=O) groups is 2. The van der Waals surface area contributed by atoms with Crippen molar-refractivity contribution in [1.82, 2.24) is 4.90 Å². The first-order valence-corrected chi connectivity index (χ1v) is 6.28. The van der Waals surface area contributed by atoms with E-state index in [9.17, 15) is 9.59 Å². The Bertz CT molecular complexity index is 443. The lowest BCUT2D eigenvalue weighted by Crippen LogP contribution is -2.29. The molecule has 0 unspecified atom stereocenters. The number of likely N-dealkylation sites (N-methyl/N-ethyl adjacent to an activating group) is 1. The molecule has 0 aliphatic carbocycles. The molecular weight excluding hydrogens is 262 g/mol. The van der Waals surface area contributed by atoms with E-state index in [1.165, 1.54) is 0 Å². The third-order valence-corrected chi connectivity index (χ3v) is 2.56. The Morgan fingerprint density at radius 2 is 1.85 bits per heavy atom. The summed E-state index contributed by atoms with van der Waals surface area (Å²) >= 11 is 0. The molecule has 6 nitrogen and oxygen atoms in total. The van der Waals surface area contributed by atoms with Crippen LogP contribution in [0.25, 0.3) is 0 Å². The smallest absolute Gasteiger partial charge is 0.341 e. The summed E-state index contributed by atoms with van der Waals surface area (Å²) in [7, 11) is 1.70. The molecule has 0 saturated heterocycles. The first kappa shape index (κ1) is 16.0. The van der Waals surface area contributed by atoms with E-state index in [0.29, 0.717) is 18.9 Å². The molecule has 0 aliphatic rings. The second-order valence-electron chi connectivity index (χ2n) is 4.21. The maximum Gasteiger partial charge on any atom is 0.341 e. The predicted molar refractivity (Wildman–Crippen MR) is 72.5 cm³/mol. The van der Waals surface area contributed by atoms with E-state index in [4.69, 9.17) is 14.6 Å². The van der Waals surface area contributed by atoms with Crippen LogP contribution < -0.4 is 4.74 Å². The quantitative estimate of drug-likeness (QED) is 0.773. The topological polar surface area (TPSA) is 76.1 Å². The summed E-state index contributed by atoms with van der Waals surface area (Å²) < 4.78 is 10.1. The number of ether oxygens (including phenoxy) is 2. The van der Waals surface area contributed by atoms with Crippen LogP contribution in [-0.4, -0.2) is 48.8 Å². The molecule has 0 aliphatic heterocycles. The highest BCUT2D eigenvalue weighted by Crippen LogP contribution is 2.13. The molecule has 1 aromatic rings. The number of aliphatic carboxylic acids is 1. The van der Waals surface area contributed by atoms with E-state index in [-0.39, 0.29) is 19.1 Å². The van der Waals surface area contributed by atoms with Gasteiger partial charge in [-0.2, -0.15) is 0 Å². The normalized spacial score (nSPS) is 10.1. The molecule has 0 bridgehead atoms. The lowest BCUT2D eigenvalue weighted by Gasteiger charge is -2.17. The molecule has 1 aromatic carbocycles. The number of hydrogen-bond donors (Lipinski definition) is 1. The molecule has 0 aromatic heterocycles. The molecule has 0 fully saturated rings. The molecule has 110 valence electrons. The minimum atomic E-state index is -1.02. The number of carboxylic acids is 1. The van der Waals surface area contributed by atoms with Crippen LogP contribution in [0.2, 0.25) is 0 Å². The van der Waals surface area contributed by atoms with Gasteiger partial charge in [0.05, 0.1) is 0 Å². The zero-order valence-electron chi connectivity index (χ0n) is 11.7. The van der Waals surface area contributed by atoms with E-state index in [1.54, 1.807) is 36.2 Å². The monoisotopic (exact) mass is 281 g/mol. The van der Waals surface area contributed by atoms with Crippen LogP contribution >= 0.6 is 0 Å². The third-order valence-electron chi connectivity index (χ3n) is 2.56. The first-order valence-electron chi connectivity index (χ1n) is 6.28. The minimum Gasteiger partial charge on any atom is -0.482 e. The van der Waals surface area contributed by atoms with Gasteiger partial charge in [-0.1, -0.05) is 12.1 Å². The maximum atomic E-state index is 11.7. The average Bonchev–Trinajstić information content (AvgIpc) is 2.43. The van der Waals surface area contributed by atoms with E-state index < -0.39 is 5.97 Å². The van der Waals surface area contributed by atoms with Crippen molar-refractivity contribution >= 4 is 11.9 Å². The zero-order valence-corrected chi connectivity index (χ0v) is 11.7. The Morgan fingerprint density at radius 3 is 2.40 bits per heavy atom. The summed E-state index contributed by atoms with van der Waals surface area (Å²) in [6, 6.07) is 6.95. The second-order valence-corrected chi connectivity index (χ2v) is 4.21. The molecule has 0 radical (unpaired) electrons. The Labute approximate surface area is 117 Å². The Morgan fingerprint density at radius 1 is 1.20 bits per heavy atom. The van der Waals surface area contributed by atoms with Crippen LogP contribution in [0.1, 0.15) is 12.5 Å². The maximum absolute atomic E-state index is 11.7. The molecule has 0 atom stereocenters. The number of carboxylic acid groups (broad SMARTS) is 1. The van der Waals surface area contributed by atoms with Gasteiger partial charge in [-0.25, -0.2) is 4.79 Å². The highest BCUT2D eigenvalue weighted by atomic mass is 16.5. The molecule has 0 heterocycles. The fourth-order valence-corrected chi connectivity index (χ4v) is 1.50. The summed E-state index contributed by atoms with van der Waals surface area (Å²) in [4.78, 5) is 23.6. The van der Waals surface area contributed by atoms with Crippen molar-refractivity contribution in [2.24, 2.45) is 0 Å². The second kappa shape index (κ2) is 8.16. The standard InChI is InChI=1S/C14H19NO5/c1-3-19-9-13(16)15(2)8-11-4-6-12(7-5-11)20-10-14(17)18/h4-7H,3,8-10H2,1-2H3,(H,17,18). The largest absolute Gasteiger partial charge is 0.482 e. The third kappa shape index (κ3) is 5.71. The van der Waals surface area contributed by atoms with E-state index in [1.807, 2.05) is 6.92 Å². The van der Waals surface area contributed by atoms with Gasteiger partial charge in [-0.05, 0) is 24.6 Å². The summed E-state index contributed by atoms with van der Waals surface area (Å²) in [6.45, 7) is 2.52. The first-order chi connectivity index (χ1) is 9.52.